The molecule has 1 aromatic heterocycles. The summed E-state index contributed by atoms with van der Waals surface area (Å²) < 4.78 is 10.8. The third-order valence-corrected chi connectivity index (χ3v) is 5.13. The molecule has 172 valence electrons. The molecule has 0 atom stereocenters. The first kappa shape index (κ1) is 23.9. The van der Waals surface area contributed by atoms with Crippen molar-refractivity contribution in [2.24, 2.45) is 0 Å². The minimum Gasteiger partial charge on any atom is -0.457 e. The van der Waals surface area contributed by atoms with Gasteiger partial charge in [0.2, 0.25) is 11.0 Å². The van der Waals surface area contributed by atoms with Gasteiger partial charge in [-0.25, -0.2) is 0 Å². The van der Waals surface area contributed by atoms with E-state index in [0.29, 0.717) is 23.0 Å². The molecule has 1 heterocycles. The summed E-state index contributed by atoms with van der Waals surface area (Å²) in [7, 11) is 0. The molecular weight excluding hydrogens is 444 g/mol. The molecule has 9 nitrogen and oxygen atoms in total. The number of carbonyl (C=O) groups excluding carboxylic acids is 3. The summed E-state index contributed by atoms with van der Waals surface area (Å²) >= 11 is 1.27. The SMILES string of the molecule is Cc1nnc(NC(=O)CCCC(=O)OCC(=O)Nc2ccc(Oc3ccccc3C)cc2)s1. The zero-order valence-electron chi connectivity index (χ0n) is 18.3. The molecule has 3 rings (SSSR count). The zero-order chi connectivity index (χ0) is 23.6. The molecule has 0 aliphatic heterocycles. The summed E-state index contributed by atoms with van der Waals surface area (Å²) in [6.45, 7) is 3.34. The van der Waals surface area contributed by atoms with E-state index < -0.39 is 18.5 Å². The van der Waals surface area contributed by atoms with Crippen LogP contribution >= 0.6 is 11.3 Å². The van der Waals surface area contributed by atoms with E-state index >= 15 is 0 Å². The van der Waals surface area contributed by atoms with Gasteiger partial charge in [0.25, 0.3) is 5.91 Å². The number of aryl methyl sites for hydroxylation is 2. The van der Waals surface area contributed by atoms with Crippen LogP contribution in [-0.2, 0) is 19.1 Å². The van der Waals surface area contributed by atoms with Crippen LogP contribution in [0.4, 0.5) is 10.8 Å². The third kappa shape index (κ3) is 8.00. The lowest BCUT2D eigenvalue weighted by Gasteiger charge is -2.10. The van der Waals surface area contributed by atoms with Gasteiger partial charge in [0.15, 0.2) is 6.61 Å². The number of ether oxygens (including phenoxy) is 2. The van der Waals surface area contributed by atoms with Crippen LogP contribution in [-0.4, -0.2) is 34.6 Å². The van der Waals surface area contributed by atoms with Crippen LogP contribution in [0, 0.1) is 13.8 Å². The Morgan fingerprint density at radius 1 is 0.909 bits per heavy atom. The number of para-hydroxylation sites is 1. The molecule has 0 spiro atoms. The first-order valence-corrected chi connectivity index (χ1v) is 11.1. The number of amides is 2. The Morgan fingerprint density at radius 3 is 2.36 bits per heavy atom. The van der Waals surface area contributed by atoms with Crippen LogP contribution < -0.4 is 15.4 Å². The van der Waals surface area contributed by atoms with Crippen molar-refractivity contribution in [3.63, 3.8) is 0 Å². The molecule has 0 bridgehead atoms. The second kappa shape index (κ2) is 11.7. The molecule has 3 aromatic rings. The van der Waals surface area contributed by atoms with E-state index in [9.17, 15) is 14.4 Å². The monoisotopic (exact) mass is 468 g/mol. The summed E-state index contributed by atoms with van der Waals surface area (Å²) in [4.78, 5) is 35.7. The Balaban J connectivity index is 1.33. The maximum Gasteiger partial charge on any atom is 0.306 e. The molecule has 0 unspecified atom stereocenters. The molecular formula is C23H24N4O5S. The topological polar surface area (TPSA) is 120 Å². The smallest absolute Gasteiger partial charge is 0.306 e. The normalized spacial score (nSPS) is 10.4. The second-order valence-corrected chi connectivity index (χ2v) is 8.31. The number of benzene rings is 2. The number of hydrogen-bond donors (Lipinski definition) is 2. The van der Waals surface area contributed by atoms with Crippen molar-refractivity contribution in [3.8, 4) is 11.5 Å². The minimum absolute atomic E-state index is 0.0286. The van der Waals surface area contributed by atoms with Gasteiger partial charge in [-0.15, -0.1) is 10.2 Å². The van der Waals surface area contributed by atoms with Crippen LogP contribution in [0.3, 0.4) is 0 Å². The van der Waals surface area contributed by atoms with E-state index in [2.05, 4.69) is 20.8 Å². The molecule has 0 saturated heterocycles. The summed E-state index contributed by atoms with van der Waals surface area (Å²) in [5.74, 6) is 0.131. The van der Waals surface area contributed by atoms with Crippen LogP contribution in [0.2, 0.25) is 0 Å². The van der Waals surface area contributed by atoms with Crippen LogP contribution in [0.5, 0.6) is 11.5 Å². The van der Waals surface area contributed by atoms with E-state index in [-0.39, 0.29) is 18.7 Å². The van der Waals surface area contributed by atoms with Gasteiger partial charge in [-0.3, -0.25) is 14.4 Å². The molecule has 0 saturated carbocycles. The average Bonchev–Trinajstić information content (AvgIpc) is 3.19. The molecule has 0 aliphatic carbocycles. The molecule has 0 fully saturated rings. The van der Waals surface area contributed by atoms with Gasteiger partial charge in [0, 0.05) is 18.5 Å². The Labute approximate surface area is 195 Å². The first-order valence-electron chi connectivity index (χ1n) is 10.3. The van der Waals surface area contributed by atoms with Crippen LogP contribution in [0.1, 0.15) is 29.8 Å². The molecule has 0 radical (unpaired) electrons. The number of nitrogens with zero attached hydrogens (tertiary/aromatic N) is 2. The van der Waals surface area contributed by atoms with Gasteiger partial charge in [-0.05, 0) is 56.2 Å². The molecule has 2 N–H and O–H groups in total. The Kier molecular flexibility index (Phi) is 8.48. The number of nitrogens with one attached hydrogen (secondary N) is 2. The Hall–Kier alpha value is -3.79. The highest BCUT2D eigenvalue weighted by Gasteiger charge is 2.11. The lowest BCUT2D eigenvalue weighted by Crippen LogP contribution is -2.21. The van der Waals surface area contributed by atoms with Crippen molar-refractivity contribution in [3.05, 3.63) is 59.1 Å². The van der Waals surface area contributed by atoms with Gasteiger partial charge in [-0.2, -0.15) is 0 Å². The summed E-state index contributed by atoms with van der Waals surface area (Å²) in [6, 6.07) is 14.6. The summed E-state index contributed by atoms with van der Waals surface area (Å²) in [5.41, 5.74) is 1.57. The van der Waals surface area contributed by atoms with Gasteiger partial charge >= 0.3 is 5.97 Å². The van der Waals surface area contributed by atoms with E-state index in [1.165, 1.54) is 11.3 Å². The number of esters is 1. The van der Waals surface area contributed by atoms with E-state index in [4.69, 9.17) is 9.47 Å². The molecule has 33 heavy (non-hydrogen) atoms. The van der Waals surface area contributed by atoms with Gasteiger partial charge < -0.3 is 20.1 Å². The van der Waals surface area contributed by atoms with E-state index in [1.54, 1.807) is 31.2 Å². The van der Waals surface area contributed by atoms with Gasteiger partial charge in [0.05, 0.1) is 0 Å². The largest absolute Gasteiger partial charge is 0.457 e. The van der Waals surface area contributed by atoms with Crippen molar-refractivity contribution < 1.29 is 23.9 Å². The summed E-state index contributed by atoms with van der Waals surface area (Å²) in [5, 5.41) is 14.1. The average molecular weight is 469 g/mol. The maximum absolute atomic E-state index is 12.0. The van der Waals surface area contributed by atoms with Crippen molar-refractivity contribution in [1.29, 1.82) is 0 Å². The lowest BCUT2D eigenvalue weighted by molar-refractivity contribution is -0.147. The fourth-order valence-electron chi connectivity index (χ4n) is 2.74. The highest BCUT2D eigenvalue weighted by molar-refractivity contribution is 7.15. The molecule has 10 heteroatoms. The van der Waals surface area contributed by atoms with E-state index in [1.807, 2.05) is 31.2 Å². The number of hydrogen-bond acceptors (Lipinski definition) is 8. The highest BCUT2D eigenvalue weighted by atomic mass is 32.1. The van der Waals surface area contributed by atoms with Crippen LogP contribution in [0.25, 0.3) is 0 Å². The molecule has 0 aliphatic rings. The maximum atomic E-state index is 12.0. The number of carbonyl (C=O) groups is 3. The zero-order valence-corrected chi connectivity index (χ0v) is 19.1. The lowest BCUT2D eigenvalue weighted by atomic mass is 10.2. The quantitative estimate of drug-likeness (QED) is 0.427. The van der Waals surface area contributed by atoms with Gasteiger partial charge in [-0.1, -0.05) is 29.5 Å². The highest BCUT2D eigenvalue weighted by Crippen LogP contribution is 2.25. The Bertz CT molecular complexity index is 1110. The minimum atomic E-state index is -0.549. The molecule has 2 amide bonds. The van der Waals surface area contributed by atoms with E-state index in [0.717, 1.165) is 16.3 Å². The van der Waals surface area contributed by atoms with Crippen molar-refractivity contribution in [1.82, 2.24) is 10.2 Å². The fraction of sp³-hybridized carbons (Fsp3) is 0.261. The predicted octanol–water partition coefficient (Wildman–Crippen LogP) is 4.24. The van der Waals surface area contributed by atoms with Crippen LogP contribution in [0.15, 0.2) is 48.5 Å². The Morgan fingerprint density at radius 2 is 1.67 bits per heavy atom. The number of aromatic nitrogens is 2. The van der Waals surface area contributed by atoms with Crippen molar-refractivity contribution in [2.75, 3.05) is 17.2 Å². The fourth-order valence-corrected chi connectivity index (χ4v) is 3.35. The molecule has 2 aromatic carbocycles. The third-order valence-electron chi connectivity index (χ3n) is 4.38. The first-order chi connectivity index (χ1) is 15.9. The standard InChI is InChI=1S/C23H24N4O5S/c1-15-6-3-4-7-19(15)32-18-12-10-17(11-13-18)24-21(29)14-31-22(30)9-5-8-20(28)25-23-27-26-16(2)33-23/h3-4,6-7,10-13H,5,8-9,14H2,1-2H3,(H,24,29)(H,25,27,28). The number of anilines is 2. The number of rotatable bonds is 10. The van der Waals surface area contributed by atoms with Gasteiger partial charge in [0.1, 0.15) is 16.5 Å². The van der Waals surface area contributed by atoms with Crippen molar-refractivity contribution >= 4 is 39.9 Å². The summed E-state index contributed by atoms with van der Waals surface area (Å²) in [6.07, 6.45) is 0.462. The second-order valence-electron chi connectivity index (χ2n) is 7.13. The predicted molar refractivity (Wildman–Crippen MR) is 124 cm³/mol. The van der Waals surface area contributed by atoms with Crippen molar-refractivity contribution in [2.45, 2.75) is 33.1 Å².